The zero-order chi connectivity index (χ0) is 20.8. The van der Waals surface area contributed by atoms with E-state index in [4.69, 9.17) is 11.6 Å². The molecule has 3 fully saturated rings. The highest BCUT2D eigenvalue weighted by Gasteiger charge is 2.74. The van der Waals surface area contributed by atoms with E-state index in [2.05, 4.69) is 26.1 Å². The van der Waals surface area contributed by atoms with E-state index in [9.17, 15) is 14.4 Å². The average Bonchev–Trinajstić information content (AvgIpc) is 3.42. The first-order valence-electron chi connectivity index (χ1n) is 9.97. The first-order valence-corrected chi connectivity index (χ1v) is 11.1. The highest BCUT2D eigenvalue weighted by molar-refractivity contribution is 9.10. The third kappa shape index (κ3) is 2.05. The molecule has 2 aromatic rings. The van der Waals surface area contributed by atoms with Crippen LogP contribution < -0.4 is 10.2 Å². The fraction of sp³-hybridized carbons (Fsp3) is 0.318. The van der Waals surface area contributed by atoms with Gasteiger partial charge >= 0.3 is 0 Å². The molecule has 4 aliphatic rings. The summed E-state index contributed by atoms with van der Waals surface area (Å²) >= 11 is 9.85. The smallest absolute Gasteiger partial charge is 0.250 e. The summed E-state index contributed by atoms with van der Waals surface area (Å²) in [4.78, 5) is 44.3. The molecule has 3 saturated heterocycles. The molecule has 3 amide bonds. The first-order chi connectivity index (χ1) is 14.5. The van der Waals surface area contributed by atoms with Crippen molar-refractivity contribution < 1.29 is 14.4 Å². The van der Waals surface area contributed by atoms with Crippen molar-refractivity contribution in [3.8, 4) is 0 Å². The standard InChI is InChI=1S/C22H17BrClN3O3/c23-11-7-8-14-12(10-11)22(21(30)25-14)18-17(16-6-3-9-26(16)22)19(28)27(20(18)29)15-5-2-1-4-13(15)24/h1-2,4-5,7-8,10,16-18H,3,6,9H2,(H,25,30)/t16-,17+,18-,22+/m0/s1. The predicted octanol–water partition coefficient (Wildman–Crippen LogP) is 3.53. The lowest BCUT2D eigenvalue weighted by Crippen LogP contribution is -2.54. The van der Waals surface area contributed by atoms with Gasteiger partial charge in [-0.15, -0.1) is 0 Å². The summed E-state index contributed by atoms with van der Waals surface area (Å²) in [7, 11) is 0. The van der Waals surface area contributed by atoms with E-state index in [0.29, 0.717) is 22.9 Å². The van der Waals surface area contributed by atoms with Crippen LogP contribution in [0.2, 0.25) is 5.02 Å². The van der Waals surface area contributed by atoms with Gasteiger partial charge in [0.05, 0.1) is 22.5 Å². The number of benzene rings is 2. The van der Waals surface area contributed by atoms with Crippen LogP contribution >= 0.6 is 27.5 Å². The number of carbonyl (C=O) groups excluding carboxylic acids is 3. The third-order valence-corrected chi connectivity index (χ3v) is 7.86. The molecular formula is C22H17BrClN3O3. The molecule has 1 spiro atoms. The Labute approximate surface area is 186 Å². The van der Waals surface area contributed by atoms with Gasteiger partial charge in [0.1, 0.15) is 5.54 Å². The second-order valence-corrected chi connectivity index (χ2v) is 9.60. The van der Waals surface area contributed by atoms with E-state index in [-0.39, 0.29) is 23.8 Å². The van der Waals surface area contributed by atoms with Gasteiger partial charge in [0.15, 0.2) is 0 Å². The van der Waals surface area contributed by atoms with Gasteiger partial charge in [-0.1, -0.05) is 39.7 Å². The number of carbonyl (C=O) groups is 3. The Morgan fingerprint density at radius 3 is 2.70 bits per heavy atom. The second kappa shape index (κ2) is 6.15. The number of amides is 3. The second-order valence-electron chi connectivity index (χ2n) is 8.28. The van der Waals surface area contributed by atoms with Crippen LogP contribution in [-0.4, -0.2) is 35.2 Å². The number of para-hydroxylation sites is 1. The van der Waals surface area contributed by atoms with Gasteiger partial charge < -0.3 is 5.32 Å². The molecule has 0 radical (unpaired) electrons. The molecule has 30 heavy (non-hydrogen) atoms. The minimum atomic E-state index is -1.17. The molecule has 0 aliphatic carbocycles. The Morgan fingerprint density at radius 2 is 1.90 bits per heavy atom. The number of nitrogens with zero attached hydrogens (tertiary/aromatic N) is 2. The lowest BCUT2D eigenvalue weighted by Gasteiger charge is -2.36. The maximum Gasteiger partial charge on any atom is 0.250 e. The summed E-state index contributed by atoms with van der Waals surface area (Å²) in [6.45, 7) is 0.684. The summed E-state index contributed by atoms with van der Waals surface area (Å²) in [5.41, 5.74) is 0.679. The van der Waals surface area contributed by atoms with Crippen LogP contribution in [0, 0.1) is 11.8 Å². The van der Waals surface area contributed by atoms with Gasteiger partial charge in [0.25, 0.3) is 0 Å². The Balaban J connectivity index is 1.58. The Kier molecular flexibility index (Phi) is 3.80. The summed E-state index contributed by atoms with van der Waals surface area (Å²) in [6, 6.07) is 12.3. The van der Waals surface area contributed by atoms with Crippen molar-refractivity contribution in [2.75, 3.05) is 16.8 Å². The number of hydrogen-bond acceptors (Lipinski definition) is 4. The van der Waals surface area contributed by atoms with Crippen molar-refractivity contribution in [2.24, 2.45) is 11.8 Å². The quantitative estimate of drug-likeness (QED) is 0.626. The third-order valence-electron chi connectivity index (χ3n) is 7.05. The van der Waals surface area contributed by atoms with E-state index >= 15 is 0 Å². The zero-order valence-corrected chi connectivity index (χ0v) is 18.1. The van der Waals surface area contributed by atoms with Crippen molar-refractivity contribution in [3.63, 3.8) is 0 Å². The first kappa shape index (κ1) is 18.5. The van der Waals surface area contributed by atoms with Crippen molar-refractivity contribution in [3.05, 3.63) is 57.5 Å². The van der Waals surface area contributed by atoms with Crippen molar-refractivity contribution in [2.45, 2.75) is 24.4 Å². The minimum absolute atomic E-state index is 0.144. The molecule has 1 N–H and O–H groups in total. The van der Waals surface area contributed by atoms with Crippen molar-refractivity contribution >= 4 is 56.6 Å². The van der Waals surface area contributed by atoms with E-state index in [1.807, 2.05) is 18.2 Å². The number of nitrogens with one attached hydrogen (secondary N) is 1. The molecule has 2 aromatic carbocycles. The van der Waals surface area contributed by atoms with E-state index in [1.165, 1.54) is 4.90 Å². The fourth-order valence-electron chi connectivity index (χ4n) is 6.05. The molecule has 4 heterocycles. The highest BCUT2D eigenvalue weighted by Crippen LogP contribution is 2.61. The van der Waals surface area contributed by atoms with Gasteiger partial charge in [0, 0.05) is 21.8 Å². The maximum absolute atomic E-state index is 13.8. The SMILES string of the molecule is O=C1[C@H]2[C@@H](C(=O)N1c1ccccc1Cl)[C@]1(C(=O)Nc3ccc(Br)cc31)N1CCC[C@@H]21. The molecule has 0 aromatic heterocycles. The van der Waals surface area contributed by atoms with Crippen LogP contribution in [0.1, 0.15) is 18.4 Å². The Hall–Kier alpha value is -2.22. The predicted molar refractivity (Wildman–Crippen MR) is 115 cm³/mol. The Bertz CT molecular complexity index is 1150. The maximum atomic E-state index is 13.8. The number of anilines is 2. The van der Waals surface area contributed by atoms with Gasteiger partial charge in [-0.05, 0) is 49.7 Å². The van der Waals surface area contributed by atoms with Crippen LogP contribution in [-0.2, 0) is 19.9 Å². The number of hydrogen-bond donors (Lipinski definition) is 1. The Morgan fingerprint density at radius 1 is 1.10 bits per heavy atom. The molecule has 8 heteroatoms. The topological polar surface area (TPSA) is 69.7 Å². The van der Waals surface area contributed by atoms with Crippen LogP contribution in [0.25, 0.3) is 0 Å². The summed E-state index contributed by atoms with van der Waals surface area (Å²) in [6.07, 6.45) is 1.68. The average molecular weight is 487 g/mol. The van der Waals surface area contributed by atoms with E-state index in [1.54, 1.807) is 24.3 Å². The molecule has 0 bridgehead atoms. The highest BCUT2D eigenvalue weighted by atomic mass is 79.9. The number of fused-ring (bicyclic) bond motifs is 7. The summed E-state index contributed by atoms with van der Waals surface area (Å²) < 4.78 is 0.830. The lowest BCUT2D eigenvalue weighted by molar-refractivity contribution is -0.135. The van der Waals surface area contributed by atoms with Gasteiger partial charge in [-0.25, -0.2) is 4.90 Å². The zero-order valence-electron chi connectivity index (χ0n) is 15.8. The van der Waals surface area contributed by atoms with Crippen LogP contribution in [0.5, 0.6) is 0 Å². The number of imide groups is 1. The van der Waals surface area contributed by atoms with Crippen LogP contribution in [0.3, 0.4) is 0 Å². The van der Waals surface area contributed by atoms with Gasteiger partial charge in [0.2, 0.25) is 17.7 Å². The fourth-order valence-corrected chi connectivity index (χ4v) is 6.63. The largest absolute Gasteiger partial charge is 0.324 e. The number of rotatable bonds is 1. The van der Waals surface area contributed by atoms with Crippen molar-refractivity contribution in [1.82, 2.24) is 4.90 Å². The van der Waals surface area contributed by atoms with Crippen LogP contribution in [0.15, 0.2) is 46.9 Å². The van der Waals surface area contributed by atoms with Crippen molar-refractivity contribution in [1.29, 1.82) is 0 Å². The molecule has 0 saturated carbocycles. The number of halogens is 2. The molecule has 4 aliphatic heterocycles. The normalized spacial score (nSPS) is 32.0. The minimum Gasteiger partial charge on any atom is -0.324 e. The van der Waals surface area contributed by atoms with E-state index < -0.39 is 17.4 Å². The van der Waals surface area contributed by atoms with E-state index in [0.717, 1.165) is 22.9 Å². The molecule has 4 atom stereocenters. The monoisotopic (exact) mass is 485 g/mol. The molecular weight excluding hydrogens is 470 g/mol. The van der Waals surface area contributed by atoms with Gasteiger partial charge in [-0.3, -0.25) is 19.3 Å². The van der Waals surface area contributed by atoms with Crippen LogP contribution in [0.4, 0.5) is 11.4 Å². The molecule has 152 valence electrons. The summed E-state index contributed by atoms with van der Waals surface area (Å²) in [5, 5.41) is 3.32. The summed E-state index contributed by atoms with van der Waals surface area (Å²) in [5.74, 6) is -2.18. The molecule has 0 unspecified atom stereocenters. The molecule has 6 nitrogen and oxygen atoms in total. The molecule has 6 rings (SSSR count). The van der Waals surface area contributed by atoms with Gasteiger partial charge in [-0.2, -0.15) is 0 Å². The lowest BCUT2D eigenvalue weighted by atomic mass is 9.75.